The molecule has 1 N–H and O–H groups in total. The van der Waals surface area contributed by atoms with E-state index >= 15 is 0 Å². The van der Waals surface area contributed by atoms with Gasteiger partial charge in [0.2, 0.25) is 5.95 Å². The van der Waals surface area contributed by atoms with Gasteiger partial charge in [0.05, 0.1) is 36.9 Å². The number of carbonyl (C=O) groups excluding carboxylic acids is 1. The van der Waals surface area contributed by atoms with Crippen molar-refractivity contribution < 1.29 is 19.0 Å². The first-order valence-corrected chi connectivity index (χ1v) is 10.1. The van der Waals surface area contributed by atoms with E-state index in [0.717, 1.165) is 22.3 Å². The van der Waals surface area contributed by atoms with E-state index in [1.165, 1.54) is 0 Å². The summed E-state index contributed by atoms with van der Waals surface area (Å²) in [7, 11) is 3.20. The Balaban J connectivity index is 1.93. The lowest BCUT2D eigenvalue weighted by Gasteiger charge is -2.32. The molecule has 7 heteroatoms. The molecule has 0 radical (unpaired) electrons. The van der Waals surface area contributed by atoms with Crippen molar-refractivity contribution in [2.75, 3.05) is 19.5 Å². The Morgan fingerprint density at radius 1 is 1.10 bits per heavy atom. The van der Waals surface area contributed by atoms with Crippen LogP contribution in [0.4, 0.5) is 5.95 Å². The number of benzene rings is 2. The van der Waals surface area contributed by atoms with Crippen molar-refractivity contribution in [2.45, 2.75) is 39.3 Å². The number of ether oxygens (including phenoxy) is 3. The molecule has 0 aliphatic carbocycles. The number of carbonyl (C=O) groups is 1. The van der Waals surface area contributed by atoms with Crippen LogP contribution in [0.15, 0.2) is 48.0 Å². The third-order valence-corrected chi connectivity index (χ3v) is 5.22. The molecule has 0 spiro atoms. The van der Waals surface area contributed by atoms with Crippen molar-refractivity contribution in [3.63, 3.8) is 0 Å². The van der Waals surface area contributed by atoms with Crippen LogP contribution in [0.3, 0.4) is 0 Å². The van der Waals surface area contributed by atoms with E-state index in [-0.39, 0.29) is 5.97 Å². The van der Waals surface area contributed by atoms with Crippen LogP contribution in [-0.4, -0.2) is 35.3 Å². The molecule has 0 amide bonds. The van der Waals surface area contributed by atoms with Crippen molar-refractivity contribution in [1.82, 2.24) is 9.55 Å². The molecule has 2 aromatic carbocycles. The van der Waals surface area contributed by atoms with Crippen LogP contribution in [0.2, 0.25) is 0 Å². The van der Waals surface area contributed by atoms with E-state index in [1.807, 2.05) is 68.7 Å². The minimum atomic E-state index is -0.629. The number of nitrogens with zero attached hydrogens (tertiary/aromatic N) is 2. The van der Waals surface area contributed by atoms with Crippen molar-refractivity contribution >= 4 is 28.6 Å². The van der Waals surface area contributed by atoms with Gasteiger partial charge in [-0.2, -0.15) is 0 Å². The molecule has 0 saturated carbocycles. The number of hydrogen-bond donors (Lipinski definition) is 1. The van der Waals surface area contributed by atoms with Crippen LogP contribution in [-0.2, 0) is 9.53 Å². The zero-order chi connectivity index (χ0) is 22.3. The summed E-state index contributed by atoms with van der Waals surface area (Å²) in [4.78, 5) is 18.1. The molecule has 0 fully saturated rings. The van der Waals surface area contributed by atoms with Gasteiger partial charge in [-0.1, -0.05) is 12.1 Å². The molecule has 1 aromatic heterocycles. The van der Waals surface area contributed by atoms with Gasteiger partial charge in [0.15, 0.2) is 0 Å². The summed E-state index contributed by atoms with van der Waals surface area (Å²) in [6.45, 7) is 7.49. The number of fused-ring (bicyclic) bond motifs is 3. The monoisotopic (exact) mass is 421 g/mol. The maximum atomic E-state index is 13.4. The first-order valence-electron chi connectivity index (χ1n) is 10.1. The second-order valence-corrected chi connectivity index (χ2v) is 8.45. The van der Waals surface area contributed by atoms with E-state index in [4.69, 9.17) is 19.2 Å². The molecule has 3 aromatic rings. The molecule has 0 bridgehead atoms. The third-order valence-electron chi connectivity index (χ3n) is 5.22. The number of allylic oxidation sites excluding steroid dienone is 1. The van der Waals surface area contributed by atoms with Gasteiger partial charge < -0.3 is 19.5 Å². The Bertz CT molecular complexity index is 1190. The summed E-state index contributed by atoms with van der Waals surface area (Å²) in [6.07, 6.45) is 0. The largest absolute Gasteiger partial charge is 0.497 e. The second kappa shape index (κ2) is 7.65. The summed E-state index contributed by atoms with van der Waals surface area (Å²) in [6, 6.07) is 12.9. The number of nitrogens with one attached hydrogen (secondary N) is 1. The van der Waals surface area contributed by atoms with Crippen molar-refractivity contribution in [2.24, 2.45) is 0 Å². The highest BCUT2D eigenvalue weighted by molar-refractivity contribution is 6.00. The van der Waals surface area contributed by atoms with Crippen LogP contribution in [0.25, 0.3) is 16.7 Å². The number of hydrogen-bond acceptors (Lipinski definition) is 6. The summed E-state index contributed by atoms with van der Waals surface area (Å²) >= 11 is 0. The topological polar surface area (TPSA) is 74.6 Å². The van der Waals surface area contributed by atoms with Gasteiger partial charge in [-0.15, -0.1) is 0 Å². The number of rotatable bonds is 4. The summed E-state index contributed by atoms with van der Waals surface area (Å²) in [5.74, 6) is 1.55. The van der Waals surface area contributed by atoms with Crippen LogP contribution < -0.4 is 14.8 Å². The van der Waals surface area contributed by atoms with Crippen LogP contribution >= 0.6 is 0 Å². The Morgan fingerprint density at radius 2 is 1.84 bits per heavy atom. The predicted molar refractivity (Wildman–Crippen MR) is 120 cm³/mol. The lowest BCUT2D eigenvalue weighted by Crippen LogP contribution is -2.32. The Kier molecular flexibility index (Phi) is 5.13. The highest BCUT2D eigenvalue weighted by Gasteiger charge is 2.36. The van der Waals surface area contributed by atoms with E-state index < -0.39 is 11.6 Å². The average Bonchev–Trinajstić information content (AvgIpc) is 3.10. The number of esters is 1. The van der Waals surface area contributed by atoms with Crippen LogP contribution in [0.1, 0.15) is 39.3 Å². The number of para-hydroxylation sites is 2. The average molecular weight is 421 g/mol. The maximum absolute atomic E-state index is 13.4. The smallest absolute Gasteiger partial charge is 0.338 e. The fourth-order valence-corrected chi connectivity index (χ4v) is 3.88. The molecular weight excluding hydrogens is 394 g/mol. The number of aromatic nitrogens is 2. The minimum Gasteiger partial charge on any atom is -0.497 e. The molecular formula is C24H27N3O4. The molecule has 1 atom stereocenters. The van der Waals surface area contributed by atoms with Gasteiger partial charge in [0.1, 0.15) is 17.1 Å². The number of imidazole rings is 1. The highest BCUT2D eigenvalue weighted by atomic mass is 16.6. The first kappa shape index (κ1) is 20.8. The molecule has 162 valence electrons. The fourth-order valence-electron chi connectivity index (χ4n) is 3.88. The van der Waals surface area contributed by atoms with Gasteiger partial charge in [0.25, 0.3) is 0 Å². The molecule has 7 nitrogen and oxygen atoms in total. The summed E-state index contributed by atoms with van der Waals surface area (Å²) in [5, 5.41) is 3.43. The first-order chi connectivity index (χ1) is 14.7. The zero-order valence-electron chi connectivity index (χ0n) is 18.6. The molecule has 31 heavy (non-hydrogen) atoms. The molecule has 1 aliphatic heterocycles. The fraction of sp³-hybridized carbons (Fsp3) is 0.333. The zero-order valence-corrected chi connectivity index (χ0v) is 18.6. The quantitative estimate of drug-likeness (QED) is 0.611. The minimum absolute atomic E-state index is 0.385. The Morgan fingerprint density at radius 3 is 2.52 bits per heavy atom. The van der Waals surface area contributed by atoms with Crippen molar-refractivity contribution in [1.29, 1.82) is 0 Å². The second-order valence-electron chi connectivity index (χ2n) is 8.45. The van der Waals surface area contributed by atoms with Crippen molar-refractivity contribution in [3.05, 3.63) is 53.6 Å². The van der Waals surface area contributed by atoms with E-state index in [0.29, 0.717) is 23.0 Å². The lowest BCUT2D eigenvalue weighted by atomic mass is 9.94. The summed E-state index contributed by atoms with van der Waals surface area (Å²) < 4.78 is 18.7. The molecule has 4 rings (SSSR count). The van der Waals surface area contributed by atoms with Crippen LogP contribution in [0, 0.1) is 0 Å². The molecule has 1 unspecified atom stereocenters. The standard InChI is InChI=1S/C24H27N3O4/c1-14-20(22(28)31-24(2,3)4)21(16-12-11-15(29-5)13-19(16)30-6)26-23-25-17-9-7-8-10-18(17)27(14)23/h7-13,21H,1-6H3,(H,25,26). The van der Waals surface area contributed by atoms with Gasteiger partial charge >= 0.3 is 5.97 Å². The summed E-state index contributed by atoms with van der Waals surface area (Å²) in [5.41, 5.74) is 3.20. The molecule has 2 heterocycles. The van der Waals surface area contributed by atoms with Gasteiger partial charge in [-0.3, -0.25) is 4.57 Å². The van der Waals surface area contributed by atoms with Gasteiger partial charge in [0, 0.05) is 17.3 Å². The van der Waals surface area contributed by atoms with Crippen LogP contribution in [0.5, 0.6) is 11.5 Å². The van der Waals surface area contributed by atoms with E-state index in [2.05, 4.69) is 5.32 Å². The maximum Gasteiger partial charge on any atom is 0.338 e. The van der Waals surface area contributed by atoms with Gasteiger partial charge in [-0.25, -0.2) is 9.78 Å². The van der Waals surface area contributed by atoms with Crippen molar-refractivity contribution in [3.8, 4) is 11.5 Å². The number of anilines is 1. The third kappa shape index (κ3) is 3.71. The highest BCUT2D eigenvalue weighted by Crippen LogP contribution is 2.42. The molecule has 1 aliphatic rings. The Hall–Kier alpha value is -3.48. The van der Waals surface area contributed by atoms with E-state index in [1.54, 1.807) is 20.3 Å². The predicted octanol–water partition coefficient (Wildman–Crippen LogP) is 4.79. The lowest BCUT2D eigenvalue weighted by molar-refractivity contribution is -0.150. The van der Waals surface area contributed by atoms with Gasteiger partial charge in [-0.05, 0) is 52.0 Å². The SMILES string of the molecule is COc1ccc(C2Nc3nc4ccccc4n3C(C)=C2C(=O)OC(C)(C)C)c(OC)c1. The number of methoxy groups -OCH3 is 2. The normalized spacial score (nSPS) is 16.0. The molecule has 0 saturated heterocycles. The van der Waals surface area contributed by atoms with E-state index in [9.17, 15) is 4.79 Å². The Labute approximate surface area is 181 Å².